The van der Waals surface area contributed by atoms with Crippen LogP contribution >= 0.6 is 0 Å². The third kappa shape index (κ3) is 2.27. The number of hydrogen-bond acceptors (Lipinski definition) is 4. The summed E-state index contributed by atoms with van der Waals surface area (Å²) in [6, 6.07) is 5.61. The molecule has 0 aliphatic carbocycles. The van der Waals surface area contributed by atoms with Gasteiger partial charge in [0, 0.05) is 16.9 Å². The second kappa shape index (κ2) is 4.64. The average Bonchev–Trinajstić information content (AvgIpc) is 2.27. The molecule has 0 radical (unpaired) electrons. The first kappa shape index (κ1) is 12.4. The molecule has 0 aliphatic rings. The largest absolute Gasteiger partial charge is 0.550 e. The van der Waals surface area contributed by atoms with Crippen molar-refractivity contribution in [3.8, 4) is 0 Å². The maximum absolute atomic E-state index is 11.8. The van der Waals surface area contributed by atoms with Crippen LogP contribution in [0.5, 0.6) is 0 Å². The van der Waals surface area contributed by atoms with E-state index >= 15 is 0 Å². The van der Waals surface area contributed by atoms with Gasteiger partial charge in [0.25, 0.3) is 0 Å². The van der Waals surface area contributed by atoms with E-state index in [0.717, 1.165) is 16.5 Å². The van der Waals surface area contributed by atoms with Crippen molar-refractivity contribution in [3.05, 3.63) is 45.3 Å². The smallest absolute Gasteiger partial charge is 0.339 e. The molecule has 4 heteroatoms. The molecule has 0 bridgehead atoms. The molecule has 0 N–H and O–H groups in total. The first-order chi connectivity index (χ1) is 8.49. The molecule has 1 aromatic heterocycles. The van der Waals surface area contributed by atoms with Crippen LogP contribution in [0.4, 0.5) is 0 Å². The Bertz CT molecular complexity index is 667. The van der Waals surface area contributed by atoms with Crippen LogP contribution in [0.25, 0.3) is 11.0 Å². The summed E-state index contributed by atoms with van der Waals surface area (Å²) < 4.78 is 5.22. The Hall–Kier alpha value is -2.10. The highest BCUT2D eigenvalue weighted by molar-refractivity contribution is 5.81. The number of carbonyl (C=O) groups is 1. The van der Waals surface area contributed by atoms with Crippen molar-refractivity contribution in [1.82, 2.24) is 0 Å². The fraction of sp³-hybridized carbons (Fsp3) is 0.286. The SMILES string of the molecule is Cc1ccc2c(C)c(CCC(=O)[O-])c(=O)oc2c1. The van der Waals surface area contributed by atoms with Crippen LogP contribution in [0.15, 0.2) is 27.4 Å². The highest BCUT2D eigenvalue weighted by Crippen LogP contribution is 2.21. The van der Waals surface area contributed by atoms with Gasteiger partial charge in [-0.05, 0) is 43.9 Å². The van der Waals surface area contributed by atoms with Crippen LogP contribution < -0.4 is 10.7 Å². The van der Waals surface area contributed by atoms with E-state index in [0.29, 0.717) is 11.1 Å². The maximum atomic E-state index is 11.8. The van der Waals surface area contributed by atoms with Gasteiger partial charge in [-0.1, -0.05) is 12.1 Å². The number of aryl methyl sites for hydroxylation is 2. The summed E-state index contributed by atoms with van der Waals surface area (Å²) in [5.74, 6) is -1.17. The minimum Gasteiger partial charge on any atom is -0.550 e. The summed E-state index contributed by atoms with van der Waals surface area (Å²) >= 11 is 0. The van der Waals surface area contributed by atoms with Crippen molar-refractivity contribution in [2.75, 3.05) is 0 Å². The van der Waals surface area contributed by atoms with Gasteiger partial charge < -0.3 is 14.3 Å². The fourth-order valence-electron chi connectivity index (χ4n) is 2.02. The second-order valence-electron chi connectivity index (χ2n) is 4.36. The normalized spacial score (nSPS) is 10.8. The molecule has 4 nitrogen and oxygen atoms in total. The predicted molar refractivity (Wildman–Crippen MR) is 65.3 cm³/mol. The highest BCUT2D eigenvalue weighted by Gasteiger charge is 2.11. The summed E-state index contributed by atoms with van der Waals surface area (Å²) in [5.41, 5.74) is 2.27. The Morgan fingerprint density at radius 2 is 2.06 bits per heavy atom. The molecule has 2 aromatic rings. The molecule has 1 aromatic carbocycles. The lowest BCUT2D eigenvalue weighted by Crippen LogP contribution is -2.24. The predicted octanol–water partition coefficient (Wildman–Crippen LogP) is 1.09. The van der Waals surface area contributed by atoms with Crippen molar-refractivity contribution >= 4 is 16.9 Å². The van der Waals surface area contributed by atoms with E-state index in [1.165, 1.54) is 0 Å². The van der Waals surface area contributed by atoms with E-state index < -0.39 is 11.6 Å². The zero-order valence-corrected chi connectivity index (χ0v) is 10.3. The first-order valence-electron chi connectivity index (χ1n) is 5.72. The van der Waals surface area contributed by atoms with Gasteiger partial charge in [0.2, 0.25) is 0 Å². The highest BCUT2D eigenvalue weighted by atomic mass is 16.4. The monoisotopic (exact) mass is 245 g/mol. The van der Waals surface area contributed by atoms with Crippen LogP contribution in [0.1, 0.15) is 23.1 Å². The van der Waals surface area contributed by atoms with Gasteiger partial charge in [0.05, 0.1) is 0 Å². The van der Waals surface area contributed by atoms with Gasteiger partial charge in [0.15, 0.2) is 0 Å². The summed E-state index contributed by atoms with van der Waals surface area (Å²) in [5, 5.41) is 11.3. The minimum absolute atomic E-state index is 0.139. The third-order valence-electron chi connectivity index (χ3n) is 3.02. The number of aliphatic carboxylic acids is 1. The van der Waals surface area contributed by atoms with Crippen molar-refractivity contribution in [2.24, 2.45) is 0 Å². The molecule has 0 atom stereocenters. The Morgan fingerprint density at radius 3 is 2.72 bits per heavy atom. The molecular weight excluding hydrogens is 232 g/mol. The zero-order chi connectivity index (χ0) is 13.3. The fourth-order valence-corrected chi connectivity index (χ4v) is 2.02. The number of hydrogen-bond donors (Lipinski definition) is 0. The molecule has 0 fully saturated rings. The molecule has 0 spiro atoms. The van der Waals surface area contributed by atoms with Crippen LogP contribution in [-0.4, -0.2) is 5.97 Å². The van der Waals surface area contributed by atoms with E-state index in [4.69, 9.17) is 4.42 Å². The Balaban J connectivity index is 2.58. The van der Waals surface area contributed by atoms with Gasteiger partial charge in [-0.3, -0.25) is 0 Å². The van der Waals surface area contributed by atoms with Crippen LogP contribution in [0.3, 0.4) is 0 Å². The lowest BCUT2D eigenvalue weighted by Gasteiger charge is -2.08. The van der Waals surface area contributed by atoms with Gasteiger partial charge in [0.1, 0.15) is 5.58 Å². The number of fused-ring (bicyclic) bond motifs is 1. The molecule has 0 aliphatic heterocycles. The van der Waals surface area contributed by atoms with E-state index in [-0.39, 0.29) is 12.8 Å². The third-order valence-corrected chi connectivity index (χ3v) is 3.02. The Kier molecular flexibility index (Phi) is 3.19. The summed E-state index contributed by atoms with van der Waals surface area (Å²) in [4.78, 5) is 22.3. The van der Waals surface area contributed by atoms with Crippen molar-refractivity contribution < 1.29 is 14.3 Å². The molecular formula is C14H13O4-. The quantitative estimate of drug-likeness (QED) is 0.759. The molecule has 94 valence electrons. The zero-order valence-electron chi connectivity index (χ0n) is 10.3. The van der Waals surface area contributed by atoms with Gasteiger partial charge in [-0.25, -0.2) is 4.79 Å². The molecule has 1 heterocycles. The van der Waals surface area contributed by atoms with E-state index in [1.807, 2.05) is 19.1 Å². The number of carboxylic acids is 1. The van der Waals surface area contributed by atoms with E-state index in [1.54, 1.807) is 13.0 Å². The van der Waals surface area contributed by atoms with Crippen LogP contribution in [0, 0.1) is 13.8 Å². The topological polar surface area (TPSA) is 70.3 Å². The summed E-state index contributed by atoms with van der Waals surface area (Å²) in [6.45, 7) is 3.72. The molecule has 0 unspecified atom stereocenters. The summed E-state index contributed by atoms with van der Waals surface area (Å²) in [7, 11) is 0. The minimum atomic E-state index is -1.17. The van der Waals surface area contributed by atoms with Crippen molar-refractivity contribution in [2.45, 2.75) is 26.7 Å². The molecule has 0 amide bonds. The Morgan fingerprint density at radius 1 is 1.33 bits per heavy atom. The average molecular weight is 245 g/mol. The van der Waals surface area contributed by atoms with Gasteiger partial charge >= 0.3 is 5.63 Å². The lowest BCUT2D eigenvalue weighted by molar-refractivity contribution is -0.305. The Labute approximate surface area is 104 Å². The first-order valence-corrected chi connectivity index (χ1v) is 5.72. The van der Waals surface area contributed by atoms with E-state index in [9.17, 15) is 14.7 Å². The number of benzene rings is 1. The molecule has 2 rings (SSSR count). The van der Waals surface area contributed by atoms with Crippen LogP contribution in [0.2, 0.25) is 0 Å². The van der Waals surface area contributed by atoms with E-state index in [2.05, 4.69) is 0 Å². The lowest BCUT2D eigenvalue weighted by atomic mass is 10.0. The maximum Gasteiger partial charge on any atom is 0.339 e. The number of carbonyl (C=O) groups excluding carboxylic acids is 1. The summed E-state index contributed by atoms with van der Waals surface area (Å²) in [6.07, 6.45) is -0.0384. The molecule has 18 heavy (non-hydrogen) atoms. The standard InChI is InChI=1S/C14H14O4/c1-8-3-4-10-9(2)11(5-6-13(15)16)14(17)18-12(10)7-8/h3-4,7H,5-6H2,1-2H3,(H,15,16)/p-1. The van der Waals surface area contributed by atoms with Gasteiger partial charge in [-0.15, -0.1) is 0 Å². The molecule has 0 saturated heterocycles. The second-order valence-corrected chi connectivity index (χ2v) is 4.36. The van der Waals surface area contributed by atoms with Gasteiger partial charge in [-0.2, -0.15) is 0 Å². The number of carboxylic acid groups (broad SMARTS) is 1. The number of rotatable bonds is 3. The van der Waals surface area contributed by atoms with Crippen molar-refractivity contribution in [3.63, 3.8) is 0 Å². The van der Waals surface area contributed by atoms with Crippen molar-refractivity contribution in [1.29, 1.82) is 0 Å². The molecule has 0 saturated carbocycles. The van der Waals surface area contributed by atoms with Crippen LogP contribution in [-0.2, 0) is 11.2 Å².